The van der Waals surface area contributed by atoms with Crippen LogP contribution in [-0.2, 0) is 16.6 Å². The van der Waals surface area contributed by atoms with Gasteiger partial charge in [0, 0.05) is 22.3 Å². The fraction of sp³-hybridized carbons (Fsp3) is 0.250. The van der Waals surface area contributed by atoms with Crippen LogP contribution in [0, 0.1) is 12.7 Å². The molecular formula is C12H14BrFN4O2S. The summed E-state index contributed by atoms with van der Waals surface area (Å²) in [5, 5.41) is 9.16. The number of halogens is 2. The first-order valence-electron chi connectivity index (χ1n) is 6.01. The molecule has 21 heavy (non-hydrogen) atoms. The van der Waals surface area contributed by atoms with E-state index in [1.165, 1.54) is 12.1 Å². The number of nitrogens with zero attached hydrogens (tertiary/aromatic N) is 1. The maximum atomic E-state index is 13.8. The molecule has 0 spiro atoms. The van der Waals surface area contributed by atoms with Crippen LogP contribution in [0.3, 0.4) is 0 Å². The summed E-state index contributed by atoms with van der Waals surface area (Å²) in [7, 11) is -2.27. The van der Waals surface area contributed by atoms with E-state index in [9.17, 15) is 12.8 Å². The average Bonchev–Trinajstić information content (AvgIpc) is 2.76. The summed E-state index contributed by atoms with van der Waals surface area (Å²) in [6.07, 6.45) is 0. The molecule has 2 aromatic rings. The zero-order valence-corrected chi connectivity index (χ0v) is 13.8. The summed E-state index contributed by atoms with van der Waals surface area (Å²) in [5.41, 5.74) is 1.03. The maximum absolute atomic E-state index is 13.8. The lowest BCUT2D eigenvalue weighted by Crippen LogP contribution is -2.18. The van der Waals surface area contributed by atoms with Crippen LogP contribution in [0.4, 0.5) is 10.1 Å². The van der Waals surface area contributed by atoms with Crippen LogP contribution in [-0.4, -0.2) is 25.7 Å². The highest BCUT2D eigenvalue weighted by molar-refractivity contribution is 9.10. The van der Waals surface area contributed by atoms with E-state index < -0.39 is 15.8 Å². The lowest BCUT2D eigenvalue weighted by molar-refractivity contribution is 0.592. The molecule has 0 unspecified atom stereocenters. The van der Waals surface area contributed by atoms with Gasteiger partial charge in [-0.15, -0.1) is 0 Å². The lowest BCUT2D eigenvalue weighted by atomic mass is 10.3. The van der Waals surface area contributed by atoms with Crippen molar-refractivity contribution in [3.05, 3.63) is 39.7 Å². The van der Waals surface area contributed by atoms with E-state index in [2.05, 4.69) is 36.2 Å². The van der Waals surface area contributed by atoms with Crippen LogP contribution >= 0.6 is 15.9 Å². The Hall–Kier alpha value is -1.45. The van der Waals surface area contributed by atoms with Crippen molar-refractivity contribution in [3.8, 4) is 0 Å². The largest absolute Gasteiger partial charge is 0.316 e. The molecule has 9 heteroatoms. The van der Waals surface area contributed by atoms with Gasteiger partial charge in [-0.05, 0) is 32.2 Å². The summed E-state index contributed by atoms with van der Waals surface area (Å²) < 4.78 is 41.2. The summed E-state index contributed by atoms with van der Waals surface area (Å²) in [6.45, 7) is 2.06. The van der Waals surface area contributed by atoms with Crippen LogP contribution < -0.4 is 10.0 Å². The molecular weight excluding hydrogens is 363 g/mol. The average molecular weight is 377 g/mol. The normalized spacial score (nSPS) is 11.6. The molecule has 1 heterocycles. The Balaban J connectivity index is 2.39. The molecule has 114 valence electrons. The number of hydrogen-bond donors (Lipinski definition) is 3. The molecule has 0 saturated carbocycles. The van der Waals surface area contributed by atoms with Crippen LogP contribution in [0.2, 0.25) is 0 Å². The third kappa shape index (κ3) is 3.42. The van der Waals surface area contributed by atoms with E-state index in [4.69, 9.17) is 0 Å². The monoisotopic (exact) mass is 376 g/mol. The Kier molecular flexibility index (Phi) is 4.64. The molecule has 0 atom stereocenters. The van der Waals surface area contributed by atoms with E-state index >= 15 is 0 Å². The van der Waals surface area contributed by atoms with Gasteiger partial charge in [0.05, 0.1) is 5.69 Å². The van der Waals surface area contributed by atoms with E-state index in [0.717, 1.165) is 0 Å². The number of rotatable bonds is 5. The van der Waals surface area contributed by atoms with Crippen LogP contribution in [0.1, 0.15) is 11.3 Å². The first kappa shape index (κ1) is 15.9. The smallest absolute Gasteiger partial charge is 0.281 e. The summed E-state index contributed by atoms with van der Waals surface area (Å²) >= 11 is 3.11. The number of sulfonamides is 1. The second-order valence-electron chi connectivity index (χ2n) is 4.39. The van der Waals surface area contributed by atoms with Gasteiger partial charge in [-0.25, -0.2) is 4.39 Å². The standard InChI is InChI=1S/C12H14BrFN4O2S/c1-7-9(6-15-2)12(17-16-7)21(19,20)18-11-4-3-8(13)5-10(11)14/h3-5,15,18H,6H2,1-2H3,(H,16,17). The molecule has 1 aromatic heterocycles. The highest BCUT2D eigenvalue weighted by atomic mass is 79.9. The predicted octanol–water partition coefficient (Wildman–Crippen LogP) is 2.14. The first-order chi connectivity index (χ1) is 9.85. The van der Waals surface area contributed by atoms with E-state index in [1.807, 2.05) is 0 Å². The zero-order valence-electron chi connectivity index (χ0n) is 11.4. The Morgan fingerprint density at radius 3 is 2.76 bits per heavy atom. The molecule has 0 aliphatic heterocycles. The quantitative estimate of drug-likeness (QED) is 0.745. The second-order valence-corrected chi connectivity index (χ2v) is 6.91. The summed E-state index contributed by atoms with van der Waals surface area (Å²) in [4.78, 5) is 0. The van der Waals surface area contributed by atoms with Gasteiger partial charge < -0.3 is 5.32 Å². The van der Waals surface area contributed by atoms with Crippen molar-refractivity contribution < 1.29 is 12.8 Å². The number of benzene rings is 1. The molecule has 2 rings (SSSR count). The Morgan fingerprint density at radius 2 is 2.14 bits per heavy atom. The van der Waals surface area contributed by atoms with E-state index in [0.29, 0.717) is 22.3 Å². The third-order valence-electron chi connectivity index (χ3n) is 2.82. The van der Waals surface area contributed by atoms with E-state index in [1.54, 1.807) is 20.0 Å². The summed E-state index contributed by atoms with van der Waals surface area (Å²) in [5.74, 6) is -0.671. The van der Waals surface area contributed by atoms with Crippen LogP contribution in [0.25, 0.3) is 0 Å². The Morgan fingerprint density at radius 1 is 1.43 bits per heavy atom. The van der Waals surface area contributed by atoms with Gasteiger partial charge in [0.25, 0.3) is 10.0 Å². The van der Waals surface area contributed by atoms with Crippen LogP contribution in [0.15, 0.2) is 27.7 Å². The molecule has 0 fully saturated rings. The van der Waals surface area contributed by atoms with Crippen LogP contribution in [0.5, 0.6) is 0 Å². The van der Waals surface area contributed by atoms with Crippen molar-refractivity contribution in [2.24, 2.45) is 0 Å². The Bertz CT molecular complexity index is 761. The molecule has 6 nitrogen and oxygen atoms in total. The highest BCUT2D eigenvalue weighted by Crippen LogP contribution is 2.24. The molecule has 0 bridgehead atoms. The molecule has 0 amide bonds. The van der Waals surface area contributed by atoms with Gasteiger partial charge in [-0.3, -0.25) is 9.82 Å². The minimum atomic E-state index is -3.97. The number of aromatic amines is 1. The number of nitrogens with one attached hydrogen (secondary N) is 3. The number of H-pyrrole nitrogens is 1. The fourth-order valence-electron chi connectivity index (χ4n) is 1.80. The van der Waals surface area contributed by atoms with Gasteiger partial charge >= 0.3 is 0 Å². The van der Waals surface area contributed by atoms with Crippen molar-refractivity contribution in [3.63, 3.8) is 0 Å². The van der Waals surface area contributed by atoms with Crippen molar-refractivity contribution in [2.45, 2.75) is 18.5 Å². The minimum absolute atomic E-state index is 0.130. The zero-order chi connectivity index (χ0) is 15.6. The third-order valence-corrected chi connectivity index (χ3v) is 4.65. The van der Waals surface area contributed by atoms with E-state index in [-0.39, 0.29) is 10.7 Å². The minimum Gasteiger partial charge on any atom is -0.316 e. The van der Waals surface area contributed by atoms with Crippen molar-refractivity contribution in [1.29, 1.82) is 0 Å². The summed E-state index contributed by atoms with van der Waals surface area (Å²) in [6, 6.07) is 4.07. The van der Waals surface area contributed by atoms with Crippen molar-refractivity contribution >= 4 is 31.6 Å². The first-order valence-corrected chi connectivity index (χ1v) is 8.29. The lowest BCUT2D eigenvalue weighted by Gasteiger charge is -2.09. The molecule has 0 radical (unpaired) electrons. The van der Waals surface area contributed by atoms with Gasteiger partial charge in [0.2, 0.25) is 5.03 Å². The number of aromatic nitrogens is 2. The Labute approximate surface area is 130 Å². The number of aryl methyl sites for hydroxylation is 1. The molecule has 1 aromatic carbocycles. The SMILES string of the molecule is CNCc1c(S(=O)(=O)Nc2ccc(Br)cc2F)n[nH]c1C. The van der Waals surface area contributed by atoms with Crippen molar-refractivity contribution in [2.75, 3.05) is 11.8 Å². The topological polar surface area (TPSA) is 86.9 Å². The maximum Gasteiger partial charge on any atom is 0.281 e. The molecule has 0 aliphatic rings. The number of anilines is 1. The fourth-order valence-corrected chi connectivity index (χ4v) is 3.40. The predicted molar refractivity (Wildman–Crippen MR) is 81.0 cm³/mol. The second kappa shape index (κ2) is 6.12. The van der Waals surface area contributed by atoms with Gasteiger partial charge in [-0.1, -0.05) is 15.9 Å². The number of hydrogen-bond acceptors (Lipinski definition) is 4. The van der Waals surface area contributed by atoms with Gasteiger partial charge in [-0.2, -0.15) is 13.5 Å². The van der Waals surface area contributed by atoms with Gasteiger partial charge in [0.1, 0.15) is 5.82 Å². The highest BCUT2D eigenvalue weighted by Gasteiger charge is 2.24. The molecule has 0 saturated heterocycles. The molecule has 0 aliphatic carbocycles. The van der Waals surface area contributed by atoms with Crippen molar-refractivity contribution in [1.82, 2.24) is 15.5 Å². The van der Waals surface area contributed by atoms with Gasteiger partial charge in [0.15, 0.2) is 0 Å². The molecule has 3 N–H and O–H groups in total.